The molecule has 0 amide bonds. The topological polar surface area (TPSA) is 185 Å². The van der Waals surface area contributed by atoms with Gasteiger partial charge in [0.25, 0.3) is 10.1 Å². The summed E-state index contributed by atoms with van der Waals surface area (Å²) in [6, 6.07) is 9.50. The van der Waals surface area contributed by atoms with Crippen molar-refractivity contribution in [3.05, 3.63) is 48.5 Å². The molecule has 30 heavy (non-hydrogen) atoms. The van der Waals surface area contributed by atoms with E-state index in [0.717, 1.165) is 12.1 Å². The van der Waals surface area contributed by atoms with E-state index in [2.05, 4.69) is 10.2 Å². The van der Waals surface area contributed by atoms with Crippen LogP contribution >= 0.6 is 0 Å². The molecule has 3 aromatic rings. The molecule has 0 unspecified atom stereocenters. The number of hydrogen-bond acceptors (Lipinski definition) is 9. The Bertz CT molecular complexity index is 1340. The fraction of sp³-hybridized carbons (Fsp3) is 0. The zero-order valence-corrected chi connectivity index (χ0v) is 21.4. The van der Waals surface area contributed by atoms with Crippen molar-refractivity contribution in [2.75, 3.05) is 5.73 Å². The fourth-order valence-corrected chi connectivity index (χ4v) is 3.65. The van der Waals surface area contributed by atoms with Gasteiger partial charge in [-0.1, -0.05) is 23.9 Å². The van der Waals surface area contributed by atoms with Crippen LogP contribution in [-0.4, -0.2) is 25.9 Å². The van der Waals surface area contributed by atoms with E-state index in [9.17, 15) is 31.0 Å². The second-order valence-corrected chi connectivity index (χ2v) is 8.38. The zero-order valence-electron chi connectivity index (χ0n) is 15.8. The van der Waals surface area contributed by atoms with E-state index in [1.807, 2.05) is 0 Å². The first kappa shape index (κ1) is 27.0. The fourth-order valence-electron chi connectivity index (χ4n) is 2.52. The van der Waals surface area contributed by atoms with Crippen molar-refractivity contribution < 1.29 is 90.2 Å². The van der Waals surface area contributed by atoms with Crippen LogP contribution in [0.1, 0.15) is 0 Å². The van der Waals surface area contributed by atoms with Crippen LogP contribution in [0, 0.1) is 0 Å². The number of rotatable bonds is 4. The molecule has 0 aliphatic rings. The standard InChI is InChI=1S/C16H13N3O7S2.2Na/c17-11-5-6-13(16-10(11)7-9(8-14(16)20)27(21,22)23)19-18-12-3-1-2-4-15(12)28(24,25)26;;/h1-8,20H,17H2,(H,21,22,23)(H,24,25,26);;/q;2*+1/p-2. The monoisotopic (exact) mass is 467 g/mol. The summed E-state index contributed by atoms with van der Waals surface area (Å²) >= 11 is 0. The summed E-state index contributed by atoms with van der Waals surface area (Å²) < 4.78 is 65.7. The summed E-state index contributed by atoms with van der Waals surface area (Å²) in [5.74, 6) is -0.823. The van der Waals surface area contributed by atoms with E-state index in [1.54, 1.807) is 0 Å². The number of nitrogens with two attached hydrogens (primary N) is 1. The van der Waals surface area contributed by atoms with Gasteiger partial charge in [0, 0.05) is 16.5 Å². The molecule has 0 fully saturated rings. The van der Waals surface area contributed by atoms with Crippen molar-refractivity contribution in [1.29, 1.82) is 0 Å². The first-order valence-electron chi connectivity index (χ1n) is 7.46. The van der Waals surface area contributed by atoms with E-state index in [4.69, 9.17) is 5.73 Å². The van der Waals surface area contributed by atoms with E-state index in [0.29, 0.717) is 6.07 Å². The number of azo groups is 1. The quantitative estimate of drug-likeness (QED) is 0.169. The van der Waals surface area contributed by atoms with Crippen LogP contribution in [-0.2, 0) is 20.2 Å². The molecule has 3 N–H and O–H groups in total. The molecule has 0 bridgehead atoms. The molecule has 3 aromatic carbocycles. The largest absolute Gasteiger partial charge is 1.00 e. The summed E-state index contributed by atoms with van der Waals surface area (Å²) in [5.41, 5.74) is 5.60. The summed E-state index contributed by atoms with van der Waals surface area (Å²) in [7, 11) is -9.43. The Kier molecular flexibility index (Phi) is 9.03. The molecule has 0 atom stereocenters. The van der Waals surface area contributed by atoms with Crippen LogP contribution in [0.3, 0.4) is 0 Å². The molecule has 0 saturated heterocycles. The molecular formula is C16H11N3Na2O7S2. The maximum absolute atomic E-state index is 12.4. The maximum atomic E-state index is 12.4. The minimum absolute atomic E-state index is 0. The minimum Gasteiger partial charge on any atom is -0.872 e. The Hall–Kier alpha value is -1.06. The van der Waals surface area contributed by atoms with Gasteiger partial charge in [-0.3, -0.25) is 4.55 Å². The Balaban J connectivity index is 0.00000225. The Morgan fingerprint density at radius 2 is 1.50 bits per heavy atom. The summed E-state index contributed by atoms with van der Waals surface area (Å²) in [6.45, 7) is 0. The summed E-state index contributed by atoms with van der Waals surface area (Å²) in [6.07, 6.45) is 0. The molecule has 0 saturated carbocycles. The smallest absolute Gasteiger partial charge is 0.872 e. The van der Waals surface area contributed by atoms with Crippen LogP contribution in [0.2, 0.25) is 0 Å². The van der Waals surface area contributed by atoms with Crippen LogP contribution in [0.5, 0.6) is 5.75 Å². The number of fused-ring (bicyclic) bond motifs is 1. The first-order chi connectivity index (χ1) is 13.0. The average Bonchev–Trinajstić information content (AvgIpc) is 2.60. The van der Waals surface area contributed by atoms with Crippen molar-refractivity contribution in [1.82, 2.24) is 0 Å². The van der Waals surface area contributed by atoms with Crippen molar-refractivity contribution in [3.63, 3.8) is 0 Å². The SMILES string of the molecule is Nc1ccc(N=Nc2ccccc2S(=O)(=O)O)c2c([O-])cc(S(=O)(=O)[O-])cc12.[Na+].[Na+]. The minimum atomic E-state index is -4.88. The van der Waals surface area contributed by atoms with Gasteiger partial charge in [0.2, 0.25) is 0 Å². The van der Waals surface area contributed by atoms with Crippen LogP contribution in [0.25, 0.3) is 10.8 Å². The molecule has 3 rings (SSSR count). The zero-order chi connectivity index (χ0) is 20.7. The summed E-state index contributed by atoms with van der Waals surface area (Å²) in [5, 5.41) is 19.9. The van der Waals surface area contributed by atoms with Crippen LogP contribution < -0.4 is 70.0 Å². The number of nitrogen functional groups attached to an aromatic ring is 1. The third-order valence-electron chi connectivity index (χ3n) is 3.76. The maximum Gasteiger partial charge on any atom is 1.00 e. The number of anilines is 1. The van der Waals surface area contributed by atoms with Gasteiger partial charge >= 0.3 is 59.1 Å². The Morgan fingerprint density at radius 3 is 2.10 bits per heavy atom. The molecule has 0 aliphatic carbocycles. The molecule has 0 spiro atoms. The Morgan fingerprint density at radius 1 is 0.900 bits per heavy atom. The van der Waals surface area contributed by atoms with Crippen molar-refractivity contribution in [3.8, 4) is 5.75 Å². The third-order valence-corrected chi connectivity index (χ3v) is 5.47. The van der Waals surface area contributed by atoms with Gasteiger partial charge in [-0.05, 0) is 30.3 Å². The summed E-state index contributed by atoms with van der Waals surface area (Å²) in [4.78, 5) is -1.22. The van der Waals surface area contributed by atoms with Gasteiger partial charge in [0.1, 0.15) is 20.7 Å². The van der Waals surface area contributed by atoms with Gasteiger partial charge in [-0.2, -0.15) is 8.42 Å². The Labute approximate surface area is 216 Å². The molecule has 10 nitrogen and oxygen atoms in total. The number of nitrogens with zero attached hydrogens (tertiary/aromatic N) is 2. The molecule has 14 heteroatoms. The van der Waals surface area contributed by atoms with Gasteiger partial charge in [-0.15, -0.1) is 10.2 Å². The number of hydrogen-bond donors (Lipinski definition) is 2. The van der Waals surface area contributed by atoms with Gasteiger partial charge in [-0.25, -0.2) is 8.42 Å². The third kappa shape index (κ3) is 5.79. The molecule has 0 radical (unpaired) electrons. The van der Waals surface area contributed by atoms with E-state index in [1.165, 1.54) is 30.3 Å². The van der Waals surface area contributed by atoms with Crippen molar-refractivity contribution in [2.24, 2.45) is 10.2 Å². The van der Waals surface area contributed by atoms with E-state index >= 15 is 0 Å². The van der Waals surface area contributed by atoms with Gasteiger partial charge < -0.3 is 15.4 Å². The molecular weight excluding hydrogens is 456 g/mol. The molecule has 146 valence electrons. The van der Waals surface area contributed by atoms with Gasteiger partial charge in [0.15, 0.2) is 0 Å². The second kappa shape index (κ2) is 10.0. The van der Waals surface area contributed by atoms with Crippen molar-refractivity contribution in [2.45, 2.75) is 9.79 Å². The van der Waals surface area contributed by atoms with Gasteiger partial charge in [0.05, 0.1) is 10.6 Å². The predicted octanol–water partition coefficient (Wildman–Crippen LogP) is -3.93. The molecule has 0 aliphatic heterocycles. The van der Waals surface area contributed by atoms with Crippen LogP contribution in [0.4, 0.5) is 17.1 Å². The predicted molar refractivity (Wildman–Crippen MR) is 96.2 cm³/mol. The van der Waals surface area contributed by atoms with Crippen LogP contribution in [0.15, 0.2) is 68.6 Å². The normalized spacial score (nSPS) is 11.8. The van der Waals surface area contributed by atoms with E-state index < -0.39 is 35.8 Å². The molecule has 0 heterocycles. The average molecular weight is 467 g/mol. The van der Waals surface area contributed by atoms with Crippen molar-refractivity contribution >= 4 is 48.1 Å². The van der Waals surface area contributed by atoms with E-state index in [-0.39, 0.29) is 86.9 Å². The second-order valence-electron chi connectivity index (χ2n) is 5.61. The molecule has 0 aromatic heterocycles. The number of benzene rings is 3. The first-order valence-corrected chi connectivity index (χ1v) is 10.3.